The average molecular weight is 280 g/mol. The Hall–Kier alpha value is -0.590. The van der Waals surface area contributed by atoms with Gasteiger partial charge in [0.25, 0.3) is 0 Å². The molecule has 0 atom stereocenters. The van der Waals surface area contributed by atoms with Gasteiger partial charge < -0.3 is 5.11 Å². The summed E-state index contributed by atoms with van der Waals surface area (Å²) in [5.41, 5.74) is 0.295. The van der Waals surface area contributed by atoms with E-state index in [2.05, 4.69) is 4.98 Å². The number of aliphatic carboxylic acids is 1. The summed E-state index contributed by atoms with van der Waals surface area (Å²) in [6, 6.07) is 0. The Bertz CT molecular complexity index is 417. The highest BCUT2D eigenvalue weighted by Crippen LogP contribution is 2.34. The first-order valence-electron chi connectivity index (χ1n) is 4.34. The van der Waals surface area contributed by atoms with E-state index in [0.717, 1.165) is 11.8 Å². The van der Waals surface area contributed by atoms with Crippen LogP contribution in [0.4, 0.5) is 0 Å². The maximum absolute atomic E-state index is 11.2. The summed E-state index contributed by atoms with van der Waals surface area (Å²) < 4.78 is -0.403. The molecule has 7 heteroatoms. The molecule has 16 heavy (non-hydrogen) atoms. The fourth-order valence-electron chi connectivity index (χ4n) is 0.763. The number of hydrogen-bond donors (Lipinski definition) is 1. The predicted molar refractivity (Wildman–Crippen MR) is 64.7 cm³/mol. The topological polar surface area (TPSA) is 67.3 Å². The van der Waals surface area contributed by atoms with Crippen LogP contribution < -0.4 is 0 Å². The van der Waals surface area contributed by atoms with Crippen LogP contribution in [-0.2, 0) is 4.79 Å². The smallest absolute Gasteiger partial charge is 0.319 e. The molecule has 0 aromatic carbocycles. The molecule has 0 radical (unpaired) electrons. The molecule has 0 aliphatic heterocycles. The standard InChI is InChI=1S/C9H10ClNO3S2/c1-9(2,7(13)14)16-8-11-5(4-15-8)6(12)3-10/h4H,3H2,1-2H3,(H,13,14). The van der Waals surface area contributed by atoms with Gasteiger partial charge in [0.1, 0.15) is 10.4 Å². The Morgan fingerprint density at radius 2 is 2.25 bits per heavy atom. The Balaban J connectivity index is 2.80. The lowest BCUT2D eigenvalue weighted by atomic mass is 10.2. The fourth-order valence-corrected chi connectivity index (χ4v) is 3.08. The Kier molecular flexibility index (Phi) is 4.35. The third-order valence-electron chi connectivity index (χ3n) is 1.75. The number of thiazole rings is 1. The highest BCUT2D eigenvalue weighted by atomic mass is 35.5. The van der Waals surface area contributed by atoms with Crippen molar-refractivity contribution in [3.8, 4) is 0 Å². The van der Waals surface area contributed by atoms with Gasteiger partial charge in [-0.2, -0.15) is 0 Å². The molecular formula is C9H10ClNO3S2. The number of alkyl halides is 1. The quantitative estimate of drug-likeness (QED) is 0.510. The molecule has 1 aromatic rings. The third kappa shape index (κ3) is 3.20. The number of carboxylic acids is 1. The van der Waals surface area contributed by atoms with Crippen molar-refractivity contribution in [2.45, 2.75) is 22.9 Å². The van der Waals surface area contributed by atoms with E-state index in [1.165, 1.54) is 11.3 Å². The molecule has 0 spiro atoms. The van der Waals surface area contributed by atoms with Crippen LogP contribution in [0.3, 0.4) is 0 Å². The van der Waals surface area contributed by atoms with Crippen LogP contribution in [0.5, 0.6) is 0 Å². The highest BCUT2D eigenvalue weighted by Gasteiger charge is 2.30. The Labute approximate surface area is 106 Å². The van der Waals surface area contributed by atoms with Crippen molar-refractivity contribution >= 4 is 46.5 Å². The summed E-state index contributed by atoms with van der Waals surface area (Å²) in [6.07, 6.45) is 0. The van der Waals surface area contributed by atoms with Crippen LogP contribution >= 0.6 is 34.7 Å². The zero-order valence-corrected chi connectivity index (χ0v) is 11.1. The van der Waals surface area contributed by atoms with E-state index in [1.807, 2.05) is 0 Å². The molecule has 1 aromatic heterocycles. The molecule has 0 aliphatic rings. The molecule has 1 N–H and O–H groups in total. The summed E-state index contributed by atoms with van der Waals surface area (Å²) in [5.74, 6) is -1.29. The van der Waals surface area contributed by atoms with E-state index in [-0.39, 0.29) is 11.7 Å². The number of carbonyl (C=O) groups is 2. The third-order valence-corrected chi connectivity index (χ3v) is 4.11. The van der Waals surface area contributed by atoms with Crippen LogP contribution in [0, 0.1) is 0 Å². The summed E-state index contributed by atoms with van der Waals surface area (Å²) in [5, 5.41) is 10.5. The normalized spacial score (nSPS) is 11.4. The first-order valence-corrected chi connectivity index (χ1v) is 6.57. The summed E-state index contributed by atoms with van der Waals surface area (Å²) >= 11 is 7.76. The van der Waals surface area contributed by atoms with Crippen molar-refractivity contribution in [2.75, 3.05) is 5.88 Å². The van der Waals surface area contributed by atoms with Crippen LogP contribution in [0.2, 0.25) is 0 Å². The Morgan fingerprint density at radius 1 is 1.62 bits per heavy atom. The predicted octanol–water partition coefficient (Wildman–Crippen LogP) is 2.52. The number of hydrogen-bond acceptors (Lipinski definition) is 5. The van der Waals surface area contributed by atoms with E-state index >= 15 is 0 Å². The molecule has 1 heterocycles. The van der Waals surface area contributed by atoms with Crippen molar-refractivity contribution in [1.29, 1.82) is 0 Å². The van der Waals surface area contributed by atoms with Crippen molar-refractivity contribution in [3.63, 3.8) is 0 Å². The highest BCUT2D eigenvalue weighted by molar-refractivity contribution is 8.03. The van der Waals surface area contributed by atoms with Crippen molar-refractivity contribution in [3.05, 3.63) is 11.1 Å². The number of Topliss-reactive ketones (excluding diaryl/α,β-unsaturated/α-hetero) is 1. The maximum Gasteiger partial charge on any atom is 0.319 e. The van der Waals surface area contributed by atoms with Crippen LogP contribution in [-0.4, -0.2) is 32.5 Å². The van der Waals surface area contributed by atoms with Gasteiger partial charge in [-0.3, -0.25) is 9.59 Å². The molecule has 88 valence electrons. The van der Waals surface area contributed by atoms with Gasteiger partial charge in [-0.05, 0) is 13.8 Å². The van der Waals surface area contributed by atoms with Crippen molar-refractivity contribution < 1.29 is 14.7 Å². The molecule has 0 saturated heterocycles. The molecular weight excluding hydrogens is 270 g/mol. The summed E-state index contributed by atoms with van der Waals surface area (Å²) in [7, 11) is 0. The SMILES string of the molecule is CC(C)(Sc1nc(C(=O)CCl)cs1)C(=O)O. The fraction of sp³-hybridized carbons (Fsp3) is 0.444. The lowest BCUT2D eigenvalue weighted by Crippen LogP contribution is -2.26. The second-order valence-corrected chi connectivity index (χ2v) is 6.47. The number of thioether (sulfide) groups is 1. The number of ketones is 1. The number of halogens is 1. The van der Waals surface area contributed by atoms with Crippen molar-refractivity contribution in [2.24, 2.45) is 0 Å². The largest absolute Gasteiger partial charge is 0.480 e. The molecule has 0 fully saturated rings. The van der Waals surface area contributed by atoms with E-state index in [1.54, 1.807) is 19.2 Å². The zero-order valence-electron chi connectivity index (χ0n) is 8.69. The van der Waals surface area contributed by atoms with Crippen LogP contribution in [0.15, 0.2) is 9.72 Å². The van der Waals surface area contributed by atoms with Crippen LogP contribution in [0.1, 0.15) is 24.3 Å². The zero-order chi connectivity index (χ0) is 12.3. The van der Waals surface area contributed by atoms with E-state index in [9.17, 15) is 9.59 Å². The molecule has 4 nitrogen and oxygen atoms in total. The number of nitrogens with zero attached hydrogens (tertiary/aromatic N) is 1. The van der Waals surface area contributed by atoms with E-state index < -0.39 is 10.7 Å². The number of aromatic nitrogens is 1. The maximum atomic E-state index is 11.2. The van der Waals surface area contributed by atoms with E-state index in [0.29, 0.717) is 10.0 Å². The first kappa shape index (κ1) is 13.5. The molecule has 0 amide bonds. The van der Waals surface area contributed by atoms with E-state index in [4.69, 9.17) is 16.7 Å². The van der Waals surface area contributed by atoms with Gasteiger partial charge in [0.05, 0.1) is 5.88 Å². The molecule has 0 bridgehead atoms. The number of rotatable bonds is 5. The second-order valence-electron chi connectivity index (χ2n) is 3.47. The minimum absolute atomic E-state index is 0.115. The minimum atomic E-state index is -0.959. The lowest BCUT2D eigenvalue weighted by molar-refractivity contribution is -0.138. The first-order chi connectivity index (χ1) is 7.36. The lowest BCUT2D eigenvalue weighted by Gasteiger charge is -2.15. The van der Waals surface area contributed by atoms with Gasteiger partial charge in [0, 0.05) is 5.38 Å². The number of carbonyl (C=O) groups excluding carboxylic acids is 1. The van der Waals surface area contributed by atoms with Gasteiger partial charge in [0.15, 0.2) is 10.1 Å². The molecule has 0 unspecified atom stereocenters. The molecule has 0 aliphatic carbocycles. The average Bonchev–Trinajstić information content (AvgIpc) is 2.64. The van der Waals surface area contributed by atoms with Crippen LogP contribution in [0.25, 0.3) is 0 Å². The Morgan fingerprint density at radius 3 is 2.75 bits per heavy atom. The summed E-state index contributed by atoms with van der Waals surface area (Å²) in [6.45, 7) is 3.18. The van der Waals surface area contributed by atoms with Gasteiger partial charge >= 0.3 is 5.97 Å². The second kappa shape index (κ2) is 5.16. The van der Waals surface area contributed by atoms with Gasteiger partial charge in [-0.25, -0.2) is 4.98 Å². The number of carboxylic acid groups (broad SMARTS) is 1. The van der Waals surface area contributed by atoms with Crippen molar-refractivity contribution in [1.82, 2.24) is 4.98 Å². The van der Waals surface area contributed by atoms with Gasteiger partial charge in [0.2, 0.25) is 0 Å². The molecule has 1 rings (SSSR count). The molecule has 0 saturated carbocycles. The minimum Gasteiger partial charge on any atom is -0.480 e. The van der Waals surface area contributed by atoms with Gasteiger partial charge in [-0.1, -0.05) is 11.8 Å². The summed E-state index contributed by atoms with van der Waals surface area (Å²) in [4.78, 5) is 26.1. The monoisotopic (exact) mass is 279 g/mol. The van der Waals surface area contributed by atoms with Gasteiger partial charge in [-0.15, -0.1) is 22.9 Å².